The SMILES string of the molecule is O=C(NC1CCCC1)c1ccc(NC(=O)N2CCC[C@H](O)C2)cc1. The number of piperidine rings is 1. The summed E-state index contributed by atoms with van der Waals surface area (Å²) in [4.78, 5) is 26.0. The van der Waals surface area contributed by atoms with Gasteiger partial charge in [0.25, 0.3) is 5.91 Å². The van der Waals surface area contributed by atoms with Gasteiger partial charge in [0.2, 0.25) is 0 Å². The summed E-state index contributed by atoms with van der Waals surface area (Å²) in [5, 5.41) is 15.5. The van der Waals surface area contributed by atoms with Gasteiger partial charge in [-0.25, -0.2) is 4.79 Å². The fourth-order valence-corrected chi connectivity index (χ4v) is 3.39. The Labute approximate surface area is 142 Å². The van der Waals surface area contributed by atoms with E-state index in [4.69, 9.17) is 0 Å². The molecule has 1 saturated heterocycles. The molecule has 130 valence electrons. The zero-order chi connectivity index (χ0) is 16.9. The Balaban J connectivity index is 1.53. The van der Waals surface area contributed by atoms with Crippen LogP contribution in [0.25, 0.3) is 0 Å². The Morgan fingerprint density at radius 3 is 2.42 bits per heavy atom. The monoisotopic (exact) mass is 331 g/mol. The van der Waals surface area contributed by atoms with Crippen molar-refractivity contribution in [2.75, 3.05) is 18.4 Å². The van der Waals surface area contributed by atoms with Gasteiger partial charge in [0.05, 0.1) is 6.10 Å². The fourth-order valence-electron chi connectivity index (χ4n) is 3.39. The number of likely N-dealkylation sites (tertiary alicyclic amines) is 1. The third kappa shape index (κ3) is 4.26. The first kappa shape index (κ1) is 16.8. The Hall–Kier alpha value is -2.08. The molecule has 0 bridgehead atoms. The lowest BCUT2D eigenvalue weighted by Gasteiger charge is -2.30. The highest BCUT2D eigenvalue weighted by atomic mass is 16.3. The summed E-state index contributed by atoms with van der Waals surface area (Å²) >= 11 is 0. The van der Waals surface area contributed by atoms with E-state index in [2.05, 4.69) is 10.6 Å². The Bertz CT molecular complexity index is 582. The van der Waals surface area contributed by atoms with Gasteiger partial charge in [-0.1, -0.05) is 12.8 Å². The first-order chi connectivity index (χ1) is 11.6. The van der Waals surface area contributed by atoms with E-state index in [0.29, 0.717) is 30.4 Å². The van der Waals surface area contributed by atoms with Crippen LogP contribution in [-0.4, -0.2) is 47.2 Å². The van der Waals surface area contributed by atoms with Crippen LogP contribution in [0.2, 0.25) is 0 Å². The molecule has 1 heterocycles. The number of β-amino-alcohol motifs (C(OH)–C–C–N with tert-alkyl or cyclic N) is 1. The molecule has 1 aliphatic carbocycles. The minimum atomic E-state index is -0.439. The molecule has 1 aromatic carbocycles. The van der Waals surface area contributed by atoms with Crippen LogP contribution >= 0.6 is 0 Å². The second-order valence-corrected chi connectivity index (χ2v) is 6.70. The van der Waals surface area contributed by atoms with Gasteiger partial charge >= 0.3 is 6.03 Å². The number of hydrogen-bond acceptors (Lipinski definition) is 3. The van der Waals surface area contributed by atoms with Crippen molar-refractivity contribution in [1.82, 2.24) is 10.2 Å². The number of hydrogen-bond donors (Lipinski definition) is 3. The van der Waals surface area contributed by atoms with Crippen LogP contribution in [0.1, 0.15) is 48.9 Å². The van der Waals surface area contributed by atoms with Crippen LogP contribution in [-0.2, 0) is 0 Å². The number of aliphatic hydroxyl groups is 1. The van der Waals surface area contributed by atoms with Crippen molar-refractivity contribution < 1.29 is 14.7 Å². The van der Waals surface area contributed by atoms with E-state index in [1.807, 2.05) is 0 Å². The number of benzene rings is 1. The molecular formula is C18H25N3O3. The van der Waals surface area contributed by atoms with Crippen molar-refractivity contribution in [3.05, 3.63) is 29.8 Å². The average molecular weight is 331 g/mol. The van der Waals surface area contributed by atoms with Crippen molar-refractivity contribution in [1.29, 1.82) is 0 Å². The molecular weight excluding hydrogens is 306 g/mol. The van der Waals surface area contributed by atoms with Gasteiger partial charge < -0.3 is 20.6 Å². The van der Waals surface area contributed by atoms with Crippen molar-refractivity contribution in [2.24, 2.45) is 0 Å². The number of amides is 3. The number of carbonyl (C=O) groups excluding carboxylic acids is 2. The normalized spacial score (nSPS) is 21.5. The summed E-state index contributed by atoms with van der Waals surface area (Å²) < 4.78 is 0. The Morgan fingerprint density at radius 2 is 1.75 bits per heavy atom. The molecule has 1 saturated carbocycles. The smallest absolute Gasteiger partial charge is 0.321 e. The average Bonchev–Trinajstić information content (AvgIpc) is 3.08. The van der Waals surface area contributed by atoms with E-state index in [0.717, 1.165) is 25.7 Å². The molecule has 2 aliphatic rings. The van der Waals surface area contributed by atoms with Crippen LogP contribution < -0.4 is 10.6 Å². The minimum Gasteiger partial charge on any atom is -0.391 e. The highest BCUT2D eigenvalue weighted by Gasteiger charge is 2.22. The van der Waals surface area contributed by atoms with E-state index in [9.17, 15) is 14.7 Å². The van der Waals surface area contributed by atoms with Gasteiger partial charge in [0.1, 0.15) is 0 Å². The molecule has 0 spiro atoms. The van der Waals surface area contributed by atoms with Crippen LogP contribution in [0.5, 0.6) is 0 Å². The second kappa shape index (κ2) is 7.66. The van der Waals surface area contributed by atoms with Gasteiger partial charge in [-0.2, -0.15) is 0 Å². The van der Waals surface area contributed by atoms with Gasteiger partial charge in [-0.15, -0.1) is 0 Å². The van der Waals surface area contributed by atoms with Gasteiger partial charge in [-0.3, -0.25) is 4.79 Å². The summed E-state index contributed by atoms with van der Waals surface area (Å²) in [6.07, 6.45) is 5.60. The molecule has 3 amide bonds. The van der Waals surface area contributed by atoms with Crippen molar-refractivity contribution in [3.63, 3.8) is 0 Å². The molecule has 6 nitrogen and oxygen atoms in total. The number of nitrogens with one attached hydrogen (secondary N) is 2. The lowest BCUT2D eigenvalue weighted by Crippen LogP contribution is -2.44. The first-order valence-corrected chi connectivity index (χ1v) is 8.77. The molecule has 1 atom stereocenters. The zero-order valence-electron chi connectivity index (χ0n) is 13.8. The summed E-state index contributed by atoms with van der Waals surface area (Å²) in [5.41, 5.74) is 1.26. The highest BCUT2D eigenvalue weighted by Crippen LogP contribution is 2.19. The van der Waals surface area contributed by atoms with Crippen LogP contribution in [0.15, 0.2) is 24.3 Å². The van der Waals surface area contributed by atoms with Gasteiger partial charge in [0, 0.05) is 30.4 Å². The summed E-state index contributed by atoms with van der Waals surface area (Å²) in [6.45, 7) is 1.03. The summed E-state index contributed by atoms with van der Waals surface area (Å²) in [7, 11) is 0. The van der Waals surface area contributed by atoms with E-state index >= 15 is 0 Å². The Morgan fingerprint density at radius 1 is 1.04 bits per heavy atom. The molecule has 24 heavy (non-hydrogen) atoms. The molecule has 1 aromatic rings. The van der Waals surface area contributed by atoms with Crippen molar-refractivity contribution >= 4 is 17.6 Å². The zero-order valence-corrected chi connectivity index (χ0v) is 13.8. The van der Waals surface area contributed by atoms with Crippen molar-refractivity contribution in [2.45, 2.75) is 50.7 Å². The largest absolute Gasteiger partial charge is 0.391 e. The lowest BCUT2D eigenvalue weighted by molar-refractivity contribution is 0.0883. The van der Waals surface area contributed by atoms with Crippen LogP contribution in [0, 0.1) is 0 Å². The number of anilines is 1. The molecule has 3 rings (SSSR count). The van der Waals surface area contributed by atoms with Crippen LogP contribution in [0.3, 0.4) is 0 Å². The molecule has 3 N–H and O–H groups in total. The summed E-state index contributed by atoms with van der Waals surface area (Å²) in [6, 6.07) is 7.01. The molecule has 6 heteroatoms. The maximum atomic E-state index is 12.2. The number of aliphatic hydroxyl groups excluding tert-OH is 1. The van der Waals surface area contributed by atoms with E-state index in [1.54, 1.807) is 29.2 Å². The fraction of sp³-hybridized carbons (Fsp3) is 0.556. The standard InChI is InChI=1S/C18H25N3O3/c22-16-6-3-11-21(12-16)18(24)20-15-9-7-13(8-10-15)17(23)19-14-4-1-2-5-14/h7-10,14,16,22H,1-6,11-12H2,(H,19,23)(H,20,24)/t16-/m0/s1. The number of carbonyl (C=O) groups is 2. The van der Waals surface area contributed by atoms with Crippen molar-refractivity contribution in [3.8, 4) is 0 Å². The molecule has 0 unspecified atom stereocenters. The maximum Gasteiger partial charge on any atom is 0.321 e. The Kier molecular flexibility index (Phi) is 5.35. The third-order valence-electron chi connectivity index (χ3n) is 4.77. The predicted molar refractivity (Wildman–Crippen MR) is 92.0 cm³/mol. The first-order valence-electron chi connectivity index (χ1n) is 8.77. The number of rotatable bonds is 3. The van der Waals surface area contributed by atoms with E-state index < -0.39 is 6.10 Å². The van der Waals surface area contributed by atoms with Gasteiger partial charge in [-0.05, 0) is 49.9 Å². The molecule has 2 fully saturated rings. The summed E-state index contributed by atoms with van der Waals surface area (Å²) in [5.74, 6) is -0.0565. The molecule has 0 aromatic heterocycles. The quantitative estimate of drug-likeness (QED) is 0.795. The number of nitrogens with zero attached hydrogens (tertiary/aromatic N) is 1. The maximum absolute atomic E-state index is 12.2. The van der Waals surface area contributed by atoms with E-state index in [1.165, 1.54) is 12.8 Å². The highest BCUT2D eigenvalue weighted by molar-refractivity contribution is 5.95. The second-order valence-electron chi connectivity index (χ2n) is 6.70. The lowest BCUT2D eigenvalue weighted by atomic mass is 10.1. The molecule has 0 radical (unpaired) electrons. The third-order valence-corrected chi connectivity index (χ3v) is 4.77. The minimum absolute atomic E-state index is 0.0565. The van der Waals surface area contributed by atoms with Gasteiger partial charge in [0.15, 0.2) is 0 Å². The number of urea groups is 1. The van der Waals surface area contributed by atoms with Crippen LogP contribution in [0.4, 0.5) is 10.5 Å². The molecule has 1 aliphatic heterocycles. The topological polar surface area (TPSA) is 81.7 Å². The van der Waals surface area contributed by atoms with E-state index in [-0.39, 0.29) is 11.9 Å². The predicted octanol–water partition coefficient (Wildman–Crippen LogP) is 2.35.